The lowest BCUT2D eigenvalue weighted by Gasteiger charge is -2.32. The van der Waals surface area contributed by atoms with Crippen LogP contribution in [-0.4, -0.2) is 32.1 Å². The molecule has 4 aromatic rings. The van der Waals surface area contributed by atoms with Crippen molar-refractivity contribution in [2.24, 2.45) is 0 Å². The molecule has 2 aromatic heterocycles. The monoisotopic (exact) mass is 455 g/mol. The number of benzene rings is 2. The topological polar surface area (TPSA) is 80.1 Å². The molecular weight excluding hydrogens is 435 g/mol. The lowest BCUT2D eigenvalue weighted by molar-refractivity contribution is -0.137. The summed E-state index contributed by atoms with van der Waals surface area (Å²) in [5, 5.41) is 4.02. The smallest absolute Gasteiger partial charge is 0.416 e. The number of H-pyrrole nitrogens is 1. The van der Waals surface area contributed by atoms with E-state index in [-0.39, 0.29) is 11.9 Å². The van der Waals surface area contributed by atoms with Crippen molar-refractivity contribution in [1.82, 2.24) is 25.0 Å². The van der Waals surface area contributed by atoms with Crippen LogP contribution >= 0.6 is 0 Å². The van der Waals surface area contributed by atoms with Gasteiger partial charge in [0.15, 0.2) is 0 Å². The number of nitrogens with zero attached hydrogens (tertiary/aromatic N) is 4. The van der Waals surface area contributed by atoms with Crippen LogP contribution in [0.25, 0.3) is 11.4 Å². The molecule has 0 saturated heterocycles. The summed E-state index contributed by atoms with van der Waals surface area (Å²) in [6.45, 7) is 1.25. The number of halogens is 3. The van der Waals surface area contributed by atoms with Gasteiger partial charge in [-0.2, -0.15) is 18.2 Å². The maximum absolute atomic E-state index is 12.9. The number of methoxy groups -OCH3 is 1. The summed E-state index contributed by atoms with van der Waals surface area (Å²) >= 11 is 0. The number of aromatic nitrogens is 4. The van der Waals surface area contributed by atoms with Crippen LogP contribution in [-0.2, 0) is 25.7 Å². The van der Waals surface area contributed by atoms with Crippen LogP contribution < -0.4 is 4.74 Å². The first-order valence-corrected chi connectivity index (χ1v) is 10.3. The third-order valence-electron chi connectivity index (χ3n) is 5.74. The summed E-state index contributed by atoms with van der Waals surface area (Å²) < 4.78 is 49.4. The molecule has 33 heavy (non-hydrogen) atoms. The maximum atomic E-state index is 12.9. The van der Waals surface area contributed by atoms with E-state index < -0.39 is 11.7 Å². The summed E-state index contributed by atoms with van der Waals surface area (Å²) in [5.41, 5.74) is 2.78. The van der Waals surface area contributed by atoms with Crippen molar-refractivity contribution in [2.75, 3.05) is 7.11 Å². The number of fused-ring (bicyclic) bond motifs is 1. The maximum Gasteiger partial charge on any atom is 0.416 e. The van der Waals surface area contributed by atoms with Gasteiger partial charge in [0.2, 0.25) is 11.7 Å². The second kappa shape index (κ2) is 8.36. The quantitative estimate of drug-likeness (QED) is 0.466. The zero-order valence-corrected chi connectivity index (χ0v) is 17.6. The standard InChI is InChI=1S/C23H20F3N5O2/c1-32-17-8-2-14(3-9-17)11-31-12-19-18(27-13-28-19)10-20(31)22-29-21(30-33-22)15-4-6-16(7-5-15)23(24,25)26/h2-9,13,20H,10-12H2,1H3,(H,27,28). The Labute approximate surface area is 187 Å². The molecule has 5 rings (SSSR count). The normalized spacial score (nSPS) is 16.5. The molecule has 0 spiro atoms. The van der Waals surface area contributed by atoms with Gasteiger partial charge in [-0.1, -0.05) is 29.4 Å². The largest absolute Gasteiger partial charge is 0.497 e. The highest BCUT2D eigenvalue weighted by molar-refractivity contribution is 5.55. The Morgan fingerprint density at radius 2 is 1.88 bits per heavy atom. The number of imidazole rings is 1. The Morgan fingerprint density at radius 3 is 2.58 bits per heavy atom. The Bertz CT molecular complexity index is 1230. The van der Waals surface area contributed by atoms with Crippen LogP contribution in [0.3, 0.4) is 0 Å². The van der Waals surface area contributed by atoms with Gasteiger partial charge < -0.3 is 14.2 Å². The molecule has 1 N–H and O–H groups in total. The van der Waals surface area contributed by atoms with E-state index in [4.69, 9.17) is 9.26 Å². The minimum atomic E-state index is -4.40. The van der Waals surface area contributed by atoms with Gasteiger partial charge in [-0.25, -0.2) is 4.98 Å². The van der Waals surface area contributed by atoms with Gasteiger partial charge in [0.25, 0.3) is 0 Å². The molecule has 0 fully saturated rings. The Morgan fingerprint density at radius 1 is 1.12 bits per heavy atom. The molecule has 0 aliphatic carbocycles. The predicted octanol–water partition coefficient (Wildman–Crippen LogP) is 4.79. The SMILES string of the molecule is COc1ccc(CN2Cc3[nH]cnc3CC2c2nc(-c3ccc(C(F)(F)F)cc3)no2)cc1. The number of aromatic amines is 1. The number of nitrogens with one attached hydrogen (secondary N) is 1. The highest BCUT2D eigenvalue weighted by Gasteiger charge is 2.34. The first-order chi connectivity index (χ1) is 15.9. The molecule has 170 valence electrons. The first-order valence-electron chi connectivity index (χ1n) is 10.3. The average Bonchev–Trinajstić information content (AvgIpc) is 3.48. The van der Waals surface area contributed by atoms with Crippen molar-refractivity contribution < 1.29 is 22.4 Å². The van der Waals surface area contributed by atoms with Crippen molar-refractivity contribution in [2.45, 2.75) is 31.7 Å². The molecule has 1 atom stereocenters. The number of alkyl halides is 3. The van der Waals surface area contributed by atoms with Gasteiger partial charge in [-0.15, -0.1) is 0 Å². The summed E-state index contributed by atoms with van der Waals surface area (Å²) in [6.07, 6.45) is -2.16. The minimum absolute atomic E-state index is 0.224. The number of rotatable bonds is 5. The number of ether oxygens (including phenoxy) is 1. The molecule has 0 bridgehead atoms. The highest BCUT2D eigenvalue weighted by Crippen LogP contribution is 2.34. The summed E-state index contributed by atoms with van der Waals surface area (Å²) in [5.74, 6) is 1.42. The molecule has 2 aromatic carbocycles. The molecule has 3 heterocycles. The van der Waals surface area contributed by atoms with E-state index in [1.807, 2.05) is 24.3 Å². The van der Waals surface area contributed by atoms with Gasteiger partial charge in [0.1, 0.15) is 5.75 Å². The van der Waals surface area contributed by atoms with Crippen LogP contribution in [0.1, 0.15) is 34.4 Å². The van der Waals surface area contributed by atoms with E-state index in [1.165, 1.54) is 12.1 Å². The summed E-state index contributed by atoms with van der Waals surface area (Å²) in [7, 11) is 1.62. The second-order valence-corrected chi connectivity index (χ2v) is 7.83. The van der Waals surface area contributed by atoms with Gasteiger partial charge in [-0.3, -0.25) is 4.90 Å². The molecule has 0 radical (unpaired) electrons. The molecule has 1 unspecified atom stereocenters. The first kappa shape index (κ1) is 21.2. The third kappa shape index (κ3) is 4.34. The fourth-order valence-corrected chi connectivity index (χ4v) is 3.96. The second-order valence-electron chi connectivity index (χ2n) is 7.83. The lowest BCUT2D eigenvalue weighted by atomic mass is 10.0. The van der Waals surface area contributed by atoms with Crippen LogP contribution in [0.2, 0.25) is 0 Å². The van der Waals surface area contributed by atoms with Crippen molar-refractivity contribution >= 4 is 0 Å². The molecule has 0 amide bonds. The Kier molecular flexibility index (Phi) is 5.37. The summed E-state index contributed by atoms with van der Waals surface area (Å²) in [4.78, 5) is 14.3. The van der Waals surface area contributed by atoms with Crippen LogP contribution in [0.4, 0.5) is 13.2 Å². The number of hydrogen-bond acceptors (Lipinski definition) is 6. The third-order valence-corrected chi connectivity index (χ3v) is 5.74. The zero-order chi connectivity index (χ0) is 23.0. The van der Waals surface area contributed by atoms with E-state index in [0.717, 1.165) is 34.8 Å². The fraction of sp³-hybridized carbons (Fsp3) is 0.261. The van der Waals surface area contributed by atoms with Crippen LogP contribution in [0.15, 0.2) is 59.4 Å². The van der Waals surface area contributed by atoms with Gasteiger partial charge in [-0.05, 0) is 29.8 Å². The van der Waals surface area contributed by atoms with E-state index in [2.05, 4.69) is 25.0 Å². The fourth-order valence-electron chi connectivity index (χ4n) is 3.96. The molecule has 0 saturated carbocycles. The Hall–Kier alpha value is -3.66. The molecule has 10 heteroatoms. The van der Waals surface area contributed by atoms with Crippen molar-refractivity contribution in [1.29, 1.82) is 0 Å². The molecule has 1 aliphatic heterocycles. The van der Waals surface area contributed by atoms with E-state index in [9.17, 15) is 13.2 Å². The molecule has 1 aliphatic rings. The van der Waals surface area contributed by atoms with E-state index >= 15 is 0 Å². The molecule has 7 nitrogen and oxygen atoms in total. The van der Waals surface area contributed by atoms with E-state index in [0.29, 0.717) is 31.0 Å². The average molecular weight is 455 g/mol. The van der Waals surface area contributed by atoms with Crippen molar-refractivity contribution in [3.8, 4) is 17.1 Å². The van der Waals surface area contributed by atoms with E-state index in [1.54, 1.807) is 13.4 Å². The van der Waals surface area contributed by atoms with Gasteiger partial charge in [0.05, 0.1) is 36.4 Å². The highest BCUT2D eigenvalue weighted by atomic mass is 19.4. The van der Waals surface area contributed by atoms with Crippen molar-refractivity contribution in [3.63, 3.8) is 0 Å². The van der Waals surface area contributed by atoms with Crippen LogP contribution in [0.5, 0.6) is 5.75 Å². The molecular formula is C23H20F3N5O2. The van der Waals surface area contributed by atoms with Gasteiger partial charge in [0, 0.05) is 25.1 Å². The predicted molar refractivity (Wildman–Crippen MR) is 112 cm³/mol. The summed E-state index contributed by atoms with van der Waals surface area (Å²) in [6, 6.07) is 12.3. The van der Waals surface area contributed by atoms with Crippen molar-refractivity contribution in [3.05, 3.63) is 83.3 Å². The lowest BCUT2D eigenvalue weighted by Crippen LogP contribution is -2.34. The number of hydrogen-bond donors (Lipinski definition) is 1. The Balaban J connectivity index is 1.41. The van der Waals surface area contributed by atoms with Crippen LogP contribution in [0, 0.1) is 0 Å². The minimum Gasteiger partial charge on any atom is -0.497 e. The zero-order valence-electron chi connectivity index (χ0n) is 17.6. The van der Waals surface area contributed by atoms with Gasteiger partial charge >= 0.3 is 6.18 Å².